The van der Waals surface area contributed by atoms with Crippen LogP contribution in [0.4, 0.5) is 9.18 Å². The third kappa shape index (κ3) is 7.85. The highest BCUT2D eigenvalue weighted by molar-refractivity contribution is 5.74. The summed E-state index contributed by atoms with van der Waals surface area (Å²) in [7, 11) is 2.14. The molecule has 6 heteroatoms. The second kappa shape index (κ2) is 11.2. The largest absolute Gasteiger partial charge is 0.338 e. The molecule has 5 nitrogen and oxygen atoms in total. The van der Waals surface area contributed by atoms with Gasteiger partial charge in [0.1, 0.15) is 5.82 Å². The van der Waals surface area contributed by atoms with Gasteiger partial charge in [-0.2, -0.15) is 0 Å². The molecule has 0 saturated carbocycles. The van der Waals surface area contributed by atoms with Crippen LogP contribution in [-0.4, -0.2) is 73.1 Å². The monoisotopic (exact) mass is 378 g/mol. The first-order chi connectivity index (χ1) is 13.0. The van der Waals surface area contributed by atoms with Gasteiger partial charge in [-0.25, -0.2) is 9.18 Å². The van der Waals surface area contributed by atoms with Gasteiger partial charge in [-0.05, 0) is 64.4 Å². The fourth-order valence-electron chi connectivity index (χ4n) is 3.23. The fraction of sp³-hybridized carbons (Fsp3) is 0.667. The molecule has 27 heavy (non-hydrogen) atoms. The Morgan fingerprint density at radius 3 is 2.59 bits per heavy atom. The Hall–Kier alpha value is -1.66. The highest BCUT2D eigenvalue weighted by Crippen LogP contribution is 2.10. The van der Waals surface area contributed by atoms with E-state index in [1.807, 2.05) is 17.0 Å². The molecule has 1 aromatic rings. The predicted molar refractivity (Wildman–Crippen MR) is 108 cm³/mol. The van der Waals surface area contributed by atoms with E-state index in [4.69, 9.17) is 0 Å². The quantitative estimate of drug-likeness (QED) is 0.706. The molecule has 1 aliphatic rings. The van der Waals surface area contributed by atoms with Crippen LogP contribution < -0.4 is 5.32 Å². The van der Waals surface area contributed by atoms with E-state index in [0.717, 1.165) is 70.6 Å². The number of nitrogens with one attached hydrogen (secondary N) is 1. The number of carbonyl (C=O) groups excluding carboxylic acids is 1. The zero-order valence-electron chi connectivity index (χ0n) is 17.1. The summed E-state index contributed by atoms with van der Waals surface area (Å²) in [5.74, 6) is -0.201. The summed E-state index contributed by atoms with van der Waals surface area (Å²) in [6.45, 7) is 10.3. The highest BCUT2D eigenvalue weighted by Gasteiger charge is 2.18. The molecule has 0 aliphatic carbocycles. The van der Waals surface area contributed by atoms with E-state index in [1.54, 1.807) is 0 Å². The van der Waals surface area contributed by atoms with Crippen LogP contribution in [0, 0.1) is 5.82 Å². The Balaban J connectivity index is 1.65. The van der Waals surface area contributed by atoms with E-state index in [0.29, 0.717) is 6.04 Å². The van der Waals surface area contributed by atoms with Crippen LogP contribution in [0.3, 0.4) is 0 Å². The Morgan fingerprint density at radius 1 is 1.15 bits per heavy atom. The molecule has 0 atom stereocenters. The summed E-state index contributed by atoms with van der Waals surface area (Å²) < 4.78 is 13.0. The van der Waals surface area contributed by atoms with E-state index in [1.165, 1.54) is 12.1 Å². The van der Waals surface area contributed by atoms with Crippen molar-refractivity contribution in [1.82, 2.24) is 20.0 Å². The van der Waals surface area contributed by atoms with Gasteiger partial charge in [-0.1, -0.05) is 12.1 Å². The fourth-order valence-corrected chi connectivity index (χ4v) is 3.23. The first-order valence-electron chi connectivity index (χ1n) is 10.2. The molecule has 2 rings (SSSR count). The minimum absolute atomic E-state index is 0.0517. The maximum absolute atomic E-state index is 13.0. The number of urea groups is 1. The van der Waals surface area contributed by atoms with Gasteiger partial charge >= 0.3 is 6.03 Å². The average Bonchev–Trinajstić information content (AvgIpc) is 2.88. The summed E-state index contributed by atoms with van der Waals surface area (Å²) in [4.78, 5) is 19.0. The van der Waals surface area contributed by atoms with Gasteiger partial charge in [0.15, 0.2) is 0 Å². The van der Waals surface area contributed by atoms with E-state index in [2.05, 4.69) is 36.0 Å². The molecule has 2 amide bonds. The average molecular weight is 379 g/mol. The molecule has 152 valence electrons. The molecule has 0 bridgehead atoms. The number of benzene rings is 1. The third-order valence-electron chi connectivity index (χ3n) is 5.29. The summed E-state index contributed by atoms with van der Waals surface area (Å²) in [6, 6.07) is 7.30. The topological polar surface area (TPSA) is 38.8 Å². The van der Waals surface area contributed by atoms with Gasteiger partial charge in [0.25, 0.3) is 0 Å². The van der Waals surface area contributed by atoms with Crippen LogP contribution in [0.15, 0.2) is 24.3 Å². The van der Waals surface area contributed by atoms with Crippen molar-refractivity contribution in [1.29, 1.82) is 0 Å². The van der Waals surface area contributed by atoms with Crippen molar-refractivity contribution < 1.29 is 9.18 Å². The SMILES string of the molecule is CC(C)N(C)CCCCNC(=O)N1CCCN(Cc2ccc(F)cc2)CC1. The van der Waals surface area contributed by atoms with Crippen molar-refractivity contribution in [3.05, 3.63) is 35.6 Å². The number of unbranched alkanes of at least 4 members (excludes halogenated alkanes) is 1. The molecule has 1 saturated heterocycles. The first kappa shape index (κ1) is 21.6. The van der Waals surface area contributed by atoms with E-state index >= 15 is 0 Å². The van der Waals surface area contributed by atoms with E-state index < -0.39 is 0 Å². The number of hydrogen-bond donors (Lipinski definition) is 1. The number of halogens is 1. The molecular formula is C21H35FN4O. The summed E-state index contributed by atoms with van der Waals surface area (Å²) in [6.07, 6.45) is 3.07. The zero-order chi connectivity index (χ0) is 19.6. The lowest BCUT2D eigenvalue weighted by molar-refractivity contribution is 0.197. The number of amides is 2. The van der Waals surface area contributed by atoms with Crippen molar-refractivity contribution in [3.8, 4) is 0 Å². The summed E-state index contributed by atoms with van der Waals surface area (Å²) in [5.41, 5.74) is 1.11. The van der Waals surface area contributed by atoms with Crippen molar-refractivity contribution in [2.75, 3.05) is 46.3 Å². The second-order valence-corrected chi connectivity index (χ2v) is 7.76. The van der Waals surface area contributed by atoms with Gasteiger partial charge in [0.05, 0.1) is 0 Å². The van der Waals surface area contributed by atoms with Gasteiger partial charge in [0, 0.05) is 45.3 Å². The van der Waals surface area contributed by atoms with Crippen molar-refractivity contribution in [2.45, 2.75) is 45.7 Å². The summed E-state index contributed by atoms with van der Waals surface area (Å²) in [5, 5.41) is 3.06. The standard InChI is InChI=1S/C21H35FN4O/c1-18(2)24(3)12-5-4-11-23-21(27)26-14-6-13-25(15-16-26)17-19-7-9-20(22)10-8-19/h7-10,18H,4-6,11-17H2,1-3H3,(H,23,27). The Morgan fingerprint density at radius 2 is 1.89 bits per heavy atom. The maximum Gasteiger partial charge on any atom is 0.317 e. The van der Waals surface area contributed by atoms with Crippen LogP contribution in [0.1, 0.15) is 38.7 Å². The molecule has 0 aromatic heterocycles. The van der Waals surface area contributed by atoms with Crippen LogP contribution in [0.2, 0.25) is 0 Å². The number of rotatable bonds is 8. The minimum atomic E-state index is -0.201. The third-order valence-corrected chi connectivity index (χ3v) is 5.29. The van der Waals surface area contributed by atoms with Crippen molar-refractivity contribution in [3.63, 3.8) is 0 Å². The Kier molecular flexibility index (Phi) is 9.01. The smallest absolute Gasteiger partial charge is 0.317 e. The molecule has 0 spiro atoms. The van der Waals surface area contributed by atoms with Crippen LogP contribution in [0.5, 0.6) is 0 Å². The molecule has 1 heterocycles. The second-order valence-electron chi connectivity index (χ2n) is 7.76. The maximum atomic E-state index is 13.0. The number of carbonyl (C=O) groups is 1. The Labute approximate surface area is 163 Å². The van der Waals surface area contributed by atoms with Crippen LogP contribution in [0.25, 0.3) is 0 Å². The lowest BCUT2D eigenvalue weighted by atomic mass is 10.2. The molecule has 1 fully saturated rings. The number of hydrogen-bond acceptors (Lipinski definition) is 3. The van der Waals surface area contributed by atoms with Crippen LogP contribution >= 0.6 is 0 Å². The van der Waals surface area contributed by atoms with E-state index in [9.17, 15) is 9.18 Å². The van der Waals surface area contributed by atoms with Crippen LogP contribution in [-0.2, 0) is 6.54 Å². The Bertz CT molecular complexity index is 564. The highest BCUT2D eigenvalue weighted by atomic mass is 19.1. The number of nitrogens with zero attached hydrogens (tertiary/aromatic N) is 3. The van der Waals surface area contributed by atoms with Gasteiger partial charge in [0.2, 0.25) is 0 Å². The molecule has 0 unspecified atom stereocenters. The zero-order valence-corrected chi connectivity index (χ0v) is 17.1. The molecule has 0 radical (unpaired) electrons. The van der Waals surface area contributed by atoms with Gasteiger partial charge in [-0.3, -0.25) is 4.90 Å². The molecule has 1 aliphatic heterocycles. The first-order valence-corrected chi connectivity index (χ1v) is 10.2. The lowest BCUT2D eigenvalue weighted by Crippen LogP contribution is -2.42. The van der Waals surface area contributed by atoms with Crippen molar-refractivity contribution in [2.24, 2.45) is 0 Å². The lowest BCUT2D eigenvalue weighted by Gasteiger charge is -2.23. The van der Waals surface area contributed by atoms with Gasteiger partial charge < -0.3 is 15.1 Å². The van der Waals surface area contributed by atoms with Gasteiger partial charge in [-0.15, -0.1) is 0 Å². The predicted octanol–water partition coefficient (Wildman–Crippen LogP) is 3.16. The molecular weight excluding hydrogens is 343 g/mol. The van der Waals surface area contributed by atoms with Crippen molar-refractivity contribution >= 4 is 6.03 Å². The molecule has 1 aromatic carbocycles. The summed E-state index contributed by atoms with van der Waals surface area (Å²) >= 11 is 0. The normalized spacial score (nSPS) is 16.0. The molecule has 1 N–H and O–H groups in total. The minimum Gasteiger partial charge on any atom is -0.338 e. The van der Waals surface area contributed by atoms with E-state index in [-0.39, 0.29) is 11.8 Å².